The summed E-state index contributed by atoms with van der Waals surface area (Å²) in [5, 5.41) is 13.6. The second-order valence-electron chi connectivity index (χ2n) is 7.55. The number of nitrogens with zero attached hydrogens (tertiary/aromatic N) is 5. The number of ether oxygens (including phenoxy) is 1. The van der Waals surface area contributed by atoms with Crippen LogP contribution in [0.4, 0.5) is 5.82 Å². The third-order valence-electron chi connectivity index (χ3n) is 5.36. The van der Waals surface area contributed by atoms with Gasteiger partial charge in [-0.1, -0.05) is 13.0 Å². The lowest BCUT2D eigenvalue weighted by atomic mass is 10.1. The van der Waals surface area contributed by atoms with Crippen LogP contribution in [0.5, 0.6) is 0 Å². The van der Waals surface area contributed by atoms with Crippen molar-refractivity contribution in [2.75, 3.05) is 18.0 Å². The van der Waals surface area contributed by atoms with Crippen LogP contribution in [-0.2, 0) is 11.2 Å². The molecule has 1 aliphatic heterocycles. The van der Waals surface area contributed by atoms with Gasteiger partial charge >= 0.3 is 0 Å². The molecule has 5 rings (SSSR count). The second kappa shape index (κ2) is 6.60. The number of hydrogen-bond acceptors (Lipinski definition) is 5. The lowest BCUT2D eigenvalue weighted by Crippen LogP contribution is -2.46. The first-order valence-electron chi connectivity index (χ1n) is 9.85. The molecular weight excluding hydrogens is 352 g/mol. The van der Waals surface area contributed by atoms with Crippen molar-refractivity contribution < 1.29 is 4.74 Å². The van der Waals surface area contributed by atoms with E-state index in [4.69, 9.17) is 9.84 Å². The van der Waals surface area contributed by atoms with Crippen LogP contribution in [0.1, 0.15) is 26.5 Å². The number of rotatable bonds is 3. The summed E-state index contributed by atoms with van der Waals surface area (Å²) in [7, 11) is 0. The zero-order chi connectivity index (χ0) is 19.3. The van der Waals surface area contributed by atoms with Gasteiger partial charge in [0.25, 0.3) is 0 Å². The Balaban J connectivity index is 1.59. The highest BCUT2D eigenvalue weighted by Crippen LogP contribution is 2.27. The molecule has 0 radical (unpaired) electrons. The van der Waals surface area contributed by atoms with Crippen LogP contribution in [-0.4, -0.2) is 50.1 Å². The average Bonchev–Trinajstić information content (AvgIpc) is 3.29. The summed E-state index contributed by atoms with van der Waals surface area (Å²) in [6, 6.07) is 10.4. The van der Waals surface area contributed by atoms with E-state index >= 15 is 0 Å². The summed E-state index contributed by atoms with van der Waals surface area (Å²) in [6.07, 6.45) is 3.18. The highest BCUT2D eigenvalue weighted by atomic mass is 16.5. The number of nitrogens with one attached hydrogen (secondary N) is 1. The van der Waals surface area contributed by atoms with Gasteiger partial charge in [0.15, 0.2) is 5.65 Å². The van der Waals surface area contributed by atoms with E-state index < -0.39 is 0 Å². The normalized spacial score (nSPS) is 20.3. The van der Waals surface area contributed by atoms with Gasteiger partial charge in [0.05, 0.1) is 35.3 Å². The summed E-state index contributed by atoms with van der Waals surface area (Å²) in [5.41, 5.74) is 5.05. The van der Waals surface area contributed by atoms with Crippen molar-refractivity contribution in [2.45, 2.75) is 39.4 Å². The van der Waals surface area contributed by atoms with Crippen molar-refractivity contribution >= 4 is 22.4 Å². The SMILES string of the molecule is CCc1n[nH]c2ccc(-c3cnc4ccc(N5C[C@@H](C)O[C@H](C)C5)nn34)cc12. The number of fused-ring (bicyclic) bond motifs is 2. The Morgan fingerprint density at radius 1 is 1.14 bits per heavy atom. The molecule has 0 amide bonds. The first-order chi connectivity index (χ1) is 13.6. The first-order valence-corrected chi connectivity index (χ1v) is 9.85. The number of hydrogen-bond donors (Lipinski definition) is 1. The standard InChI is InChI=1S/C21H24N6O/c1-4-17-16-9-15(5-6-18(16)24-23-17)19-10-22-20-7-8-21(25-27(19)20)26-11-13(2)28-14(3)12-26/h5-10,13-14H,4,11-12H2,1-3H3,(H,23,24)/t13-,14-/m1/s1. The maximum atomic E-state index is 5.86. The Labute approximate surface area is 163 Å². The molecule has 1 N–H and O–H groups in total. The lowest BCUT2D eigenvalue weighted by molar-refractivity contribution is -0.00551. The zero-order valence-electron chi connectivity index (χ0n) is 16.4. The van der Waals surface area contributed by atoms with Crippen molar-refractivity contribution in [1.82, 2.24) is 24.8 Å². The number of aryl methyl sites for hydroxylation is 1. The van der Waals surface area contributed by atoms with E-state index in [1.807, 2.05) is 22.8 Å². The summed E-state index contributed by atoms with van der Waals surface area (Å²) in [4.78, 5) is 6.84. The molecule has 1 saturated heterocycles. The summed E-state index contributed by atoms with van der Waals surface area (Å²) < 4.78 is 7.80. The topological polar surface area (TPSA) is 71.3 Å². The van der Waals surface area contributed by atoms with Gasteiger partial charge in [-0.2, -0.15) is 5.10 Å². The van der Waals surface area contributed by atoms with Crippen LogP contribution in [0.2, 0.25) is 0 Å². The lowest BCUT2D eigenvalue weighted by Gasteiger charge is -2.35. The van der Waals surface area contributed by atoms with Gasteiger partial charge in [0.2, 0.25) is 0 Å². The molecule has 1 aliphatic rings. The Morgan fingerprint density at radius 3 is 2.75 bits per heavy atom. The predicted octanol–water partition coefficient (Wildman–Crippen LogP) is 3.45. The molecule has 1 fully saturated rings. The Kier molecular flexibility index (Phi) is 4.05. The third-order valence-corrected chi connectivity index (χ3v) is 5.36. The van der Waals surface area contributed by atoms with Crippen LogP contribution in [0, 0.1) is 0 Å². The van der Waals surface area contributed by atoms with Crippen LogP contribution in [0.15, 0.2) is 36.5 Å². The van der Waals surface area contributed by atoms with Crippen molar-refractivity contribution in [2.24, 2.45) is 0 Å². The smallest absolute Gasteiger partial charge is 0.154 e. The molecule has 0 bridgehead atoms. The van der Waals surface area contributed by atoms with Gasteiger partial charge < -0.3 is 9.64 Å². The molecular formula is C21H24N6O. The van der Waals surface area contributed by atoms with Crippen molar-refractivity contribution in [3.05, 3.63) is 42.2 Å². The van der Waals surface area contributed by atoms with Gasteiger partial charge in [0.1, 0.15) is 5.82 Å². The number of imidazole rings is 1. The molecule has 0 unspecified atom stereocenters. The quantitative estimate of drug-likeness (QED) is 0.593. The predicted molar refractivity (Wildman–Crippen MR) is 110 cm³/mol. The monoisotopic (exact) mass is 376 g/mol. The Hall–Kier alpha value is -2.93. The Morgan fingerprint density at radius 2 is 1.96 bits per heavy atom. The largest absolute Gasteiger partial charge is 0.372 e. The van der Waals surface area contributed by atoms with E-state index in [1.54, 1.807) is 0 Å². The minimum atomic E-state index is 0.194. The molecule has 7 heteroatoms. The maximum Gasteiger partial charge on any atom is 0.154 e. The molecule has 4 heterocycles. The molecule has 1 aromatic carbocycles. The van der Waals surface area contributed by atoms with Gasteiger partial charge in [-0.05, 0) is 44.5 Å². The number of H-pyrrole nitrogens is 1. The van der Waals surface area contributed by atoms with Crippen LogP contribution in [0.25, 0.3) is 27.8 Å². The van der Waals surface area contributed by atoms with Gasteiger partial charge in [0, 0.05) is 24.0 Å². The highest BCUT2D eigenvalue weighted by Gasteiger charge is 2.23. The van der Waals surface area contributed by atoms with Crippen molar-refractivity contribution in [1.29, 1.82) is 0 Å². The van der Waals surface area contributed by atoms with Gasteiger partial charge in [-0.3, -0.25) is 5.10 Å². The van der Waals surface area contributed by atoms with Crippen LogP contribution in [0.3, 0.4) is 0 Å². The number of anilines is 1. The Bertz CT molecular complexity index is 1140. The molecule has 0 aliphatic carbocycles. The molecule has 28 heavy (non-hydrogen) atoms. The van der Waals surface area contributed by atoms with E-state index in [1.165, 1.54) is 0 Å². The molecule has 3 aromatic heterocycles. The zero-order valence-corrected chi connectivity index (χ0v) is 16.4. The average molecular weight is 376 g/mol. The molecule has 144 valence electrons. The van der Waals surface area contributed by atoms with Gasteiger partial charge in [-0.25, -0.2) is 9.50 Å². The van der Waals surface area contributed by atoms with E-state index in [-0.39, 0.29) is 12.2 Å². The molecule has 7 nitrogen and oxygen atoms in total. The van der Waals surface area contributed by atoms with Crippen LogP contribution >= 0.6 is 0 Å². The molecule has 4 aromatic rings. The number of benzene rings is 1. The van der Waals surface area contributed by atoms with Crippen molar-refractivity contribution in [3.63, 3.8) is 0 Å². The minimum absolute atomic E-state index is 0.194. The highest BCUT2D eigenvalue weighted by molar-refractivity contribution is 5.86. The maximum absolute atomic E-state index is 5.86. The number of aromatic nitrogens is 5. The fourth-order valence-corrected chi connectivity index (χ4v) is 4.09. The first kappa shape index (κ1) is 17.2. The van der Waals surface area contributed by atoms with Crippen LogP contribution < -0.4 is 4.90 Å². The fourth-order valence-electron chi connectivity index (χ4n) is 4.09. The number of morpholine rings is 1. The third kappa shape index (κ3) is 2.82. The molecule has 2 atom stereocenters. The minimum Gasteiger partial charge on any atom is -0.372 e. The second-order valence-corrected chi connectivity index (χ2v) is 7.55. The molecule has 0 spiro atoms. The number of aromatic amines is 1. The summed E-state index contributed by atoms with van der Waals surface area (Å²) in [5.74, 6) is 0.951. The summed E-state index contributed by atoms with van der Waals surface area (Å²) >= 11 is 0. The van der Waals surface area contributed by atoms with Gasteiger partial charge in [-0.15, -0.1) is 5.10 Å². The summed E-state index contributed by atoms with van der Waals surface area (Å²) in [6.45, 7) is 8.01. The van der Waals surface area contributed by atoms with Crippen molar-refractivity contribution in [3.8, 4) is 11.3 Å². The fraction of sp³-hybridized carbons (Fsp3) is 0.381. The van der Waals surface area contributed by atoms with E-state index in [0.29, 0.717) is 0 Å². The van der Waals surface area contributed by atoms with E-state index in [0.717, 1.165) is 58.8 Å². The van der Waals surface area contributed by atoms with E-state index in [2.05, 4.69) is 59.1 Å². The molecule has 0 saturated carbocycles. The van der Waals surface area contributed by atoms with E-state index in [9.17, 15) is 0 Å².